The van der Waals surface area contributed by atoms with E-state index in [4.69, 9.17) is 9.47 Å². The summed E-state index contributed by atoms with van der Waals surface area (Å²) in [5.74, 6) is 0.207. The minimum absolute atomic E-state index is 0.101. The van der Waals surface area contributed by atoms with E-state index < -0.39 is 20.0 Å². The molecule has 2 rings (SSSR count). The molecule has 0 amide bonds. The Morgan fingerprint density at radius 3 is 2.27 bits per heavy atom. The molecule has 1 N–H and O–H groups in total. The lowest BCUT2D eigenvalue weighted by atomic mass is 10.3. The fraction of sp³-hybridized carbons (Fsp3) is 0.600. The number of piperazine rings is 1. The molecule has 0 bridgehead atoms. The number of methoxy groups -OCH3 is 2. The number of nitrogens with zero attached hydrogens (tertiary/aromatic N) is 2. The van der Waals surface area contributed by atoms with Crippen molar-refractivity contribution in [1.29, 1.82) is 0 Å². The Bertz CT molecular complexity index is 818. The number of rotatable bonds is 8. The van der Waals surface area contributed by atoms with Gasteiger partial charge in [0.1, 0.15) is 16.4 Å². The number of likely N-dealkylation sites (N-methyl/N-ethyl adjacent to an activating group) is 1. The molecule has 148 valence electrons. The molecule has 0 spiro atoms. The maximum absolute atomic E-state index is 12.5. The minimum atomic E-state index is -3.94. The molecular formula is C15H25N3O6S2. The highest BCUT2D eigenvalue weighted by atomic mass is 32.2. The van der Waals surface area contributed by atoms with E-state index in [0.717, 1.165) is 0 Å². The van der Waals surface area contributed by atoms with Crippen molar-refractivity contribution < 1.29 is 26.3 Å². The number of hydrogen-bond acceptors (Lipinski definition) is 7. The predicted molar refractivity (Wildman–Crippen MR) is 97.6 cm³/mol. The maximum Gasteiger partial charge on any atom is 0.244 e. The molecule has 1 aromatic carbocycles. The van der Waals surface area contributed by atoms with Gasteiger partial charge in [-0.3, -0.25) is 0 Å². The van der Waals surface area contributed by atoms with E-state index in [1.54, 1.807) is 6.07 Å². The van der Waals surface area contributed by atoms with Crippen LogP contribution in [-0.4, -0.2) is 85.8 Å². The third-order valence-corrected chi connectivity index (χ3v) is 7.52. The zero-order valence-electron chi connectivity index (χ0n) is 15.1. The van der Waals surface area contributed by atoms with Gasteiger partial charge >= 0.3 is 0 Å². The van der Waals surface area contributed by atoms with Crippen LogP contribution in [-0.2, 0) is 20.0 Å². The predicted octanol–water partition coefficient (Wildman–Crippen LogP) is -0.441. The number of sulfonamides is 2. The second kappa shape index (κ2) is 8.53. The lowest BCUT2D eigenvalue weighted by Crippen LogP contribution is -2.48. The van der Waals surface area contributed by atoms with Crippen molar-refractivity contribution in [1.82, 2.24) is 13.9 Å². The van der Waals surface area contributed by atoms with Crippen LogP contribution < -0.4 is 14.2 Å². The Morgan fingerprint density at radius 2 is 1.69 bits per heavy atom. The highest BCUT2D eigenvalue weighted by Crippen LogP contribution is 2.27. The van der Waals surface area contributed by atoms with Crippen LogP contribution in [0.3, 0.4) is 0 Å². The fourth-order valence-electron chi connectivity index (χ4n) is 2.57. The molecule has 0 radical (unpaired) electrons. The minimum Gasteiger partial charge on any atom is -0.497 e. The Balaban J connectivity index is 2.04. The molecule has 0 atom stereocenters. The van der Waals surface area contributed by atoms with Crippen LogP contribution in [0.25, 0.3) is 0 Å². The summed E-state index contributed by atoms with van der Waals surface area (Å²) in [6.45, 7) is 1.92. The van der Waals surface area contributed by atoms with Crippen molar-refractivity contribution in [3.05, 3.63) is 18.2 Å². The van der Waals surface area contributed by atoms with Gasteiger partial charge in [0.05, 0.1) is 20.0 Å². The summed E-state index contributed by atoms with van der Waals surface area (Å²) < 4.78 is 63.6. The van der Waals surface area contributed by atoms with E-state index in [2.05, 4.69) is 4.72 Å². The van der Waals surface area contributed by atoms with Crippen LogP contribution in [0.15, 0.2) is 23.1 Å². The summed E-state index contributed by atoms with van der Waals surface area (Å²) in [6.07, 6.45) is 0. The maximum atomic E-state index is 12.5. The van der Waals surface area contributed by atoms with Crippen LogP contribution in [0.4, 0.5) is 0 Å². The molecule has 1 heterocycles. The molecule has 26 heavy (non-hydrogen) atoms. The van der Waals surface area contributed by atoms with Crippen LogP contribution >= 0.6 is 0 Å². The average Bonchev–Trinajstić information content (AvgIpc) is 2.61. The quantitative estimate of drug-likeness (QED) is 0.623. The third-order valence-electron chi connectivity index (χ3n) is 4.17. The highest BCUT2D eigenvalue weighted by molar-refractivity contribution is 7.90. The summed E-state index contributed by atoms with van der Waals surface area (Å²) in [4.78, 5) is 1.94. The molecule has 1 aliphatic heterocycles. The van der Waals surface area contributed by atoms with Crippen LogP contribution in [0.5, 0.6) is 11.5 Å². The topological polar surface area (TPSA) is 105 Å². The molecule has 11 heteroatoms. The normalized spacial score (nSPS) is 17.2. The zero-order chi connectivity index (χ0) is 19.4. The van der Waals surface area contributed by atoms with Gasteiger partial charge in [-0.2, -0.15) is 4.31 Å². The van der Waals surface area contributed by atoms with Gasteiger partial charge in [0.25, 0.3) is 0 Å². The van der Waals surface area contributed by atoms with Crippen LogP contribution in [0.2, 0.25) is 0 Å². The molecule has 1 aliphatic rings. The molecule has 0 saturated carbocycles. The van der Waals surface area contributed by atoms with Gasteiger partial charge in [0.2, 0.25) is 20.0 Å². The van der Waals surface area contributed by atoms with E-state index >= 15 is 0 Å². The standard InChI is InChI=1S/C15H25N3O6S2/c1-17-7-9-18(10-8-17)25(19,20)11-6-16-26(21,22)15-12-13(23-2)4-5-14(15)24-3/h4-5,12,16H,6-11H2,1-3H3. The van der Waals surface area contributed by atoms with Gasteiger partial charge < -0.3 is 14.4 Å². The molecule has 0 aliphatic carbocycles. The fourth-order valence-corrected chi connectivity index (χ4v) is 5.25. The smallest absolute Gasteiger partial charge is 0.244 e. The number of nitrogens with one attached hydrogen (secondary N) is 1. The van der Waals surface area contributed by atoms with E-state index in [1.807, 2.05) is 11.9 Å². The summed E-state index contributed by atoms with van der Waals surface area (Å²) in [6, 6.07) is 4.39. The lowest BCUT2D eigenvalue weighted by Gasteiger charge is -2.31. The molecule has 0 unspecified atom stereocenters. The SMILES string of the molecule is COc1ccc(OC)c(S(=O)(=O)NCCS(=O)(=O)N2CCN(C)CC2)c1. The van der Waals surface area contributed by atoms with Crippen LogP contribution in [0.1, 0.15) is 0 Å². The molecular weight excluding hydrogens is 382 g/mol. The first-order valence-electron chi connectivity index (χ1n) is 8.07. The molecule has 1 aromatic rings. The molecule has 1 fully saturated rings. The number of benzene rings is 1. The third kappa shape index (κ3) is 5.07. The van der Waals surface area contributed by atoms with Crippen molar-refractivity contribution in [3.8, 4) is 11.5 Å². The number of hydrogen-bond donors (Lipinski definition) is 1. The zero-order valence-corrected chi connectivity index (χ0v) is 16.8. The summed E-state index contributed by atoms with van der Waals surface area (Å²) in [5.41, 5.74) is 0. The monoisotopic (exact) mass is 407 g/mol. The second-order valence-electron chi connectivity index (χ2n) is 5.93. The van der Waals surface area contributed by atoms with E-state index in [-0.39, 0.29) is 22.9 Å². The van der Waals surface area contributed by atoms with Gasteiger partial charge in [-0.05, 0) is 19.2 Å². The van der Waals surface area contributed by atoms with Crippen molar-refractivity contribution in [2.24, 2.45) is 0 Å². The second-order valence-corrected chi connectivity index (χ2v) is 9.76. The van der Waals surface area contributed by atoms with E-state index in [0.29, 0.717) is 31.9 Å². The van der Waals surface area contributed by atoms with Crippen molar-refractivity contribution in [2.45, 2.75) is 4.90 Å². The van der Waals surface area contributed by atoms with Gasteiger partial charge in [0.15, 0.2) is 0 Å². The molecule has 1 saturated heterocycles. The van der Waals surface area contributed by atoms with Gasteiger partial charge in [0, 0.05) is 38.8 Å². The first-order chi connectivity index (χ1) is 12.2. The summed E-state index contributed by atoms with van der Waals surface area (Å²) in [7, 11) is -2.75. The summed E-state index contributed by atoms with van der Waals surface area (Å²) >= 11 is 0. The molecule has 0 aromatic heterocycles. The molecule has 9 nitrogen and oxygen atoms in total. The van der Waals surface area contributed by atoms with Crippen molar-refractivity contribution >= 4 is 20.0 Å². The van der Waals surface area contributed by atoms with E-state index in [9.17, 15) is 16.8 Å². The Hall–Kier alpha value is -1.40. The first kappa shape index (κ1) is 20.9. The highest BCUT2D eigenvalue weighted by Gasteiger charge is 2.27. The largest absolute Gasteiger partial charge is 0.497 e. The van der Waals surface area contributed by atoms with Crippen molar-refractivity contribution in [2.75, 3.05) is 59.7 Å². The average molecular weight is 408 g/mol. The Morgan fingerprint density at radius 1 is 1.04 bits per heavy atom. The van der Waals surface area contributed by atoms with Gasteiger partial charge in [-0.1, -0.05) is 0 Å². The Labute approximate surface area is 155 Å². The van der Waals surface area contributed by atoms with E-state index in [1.165, 1.54) is 30.7 Å². The van der Waals surface area contributed by atoms with Crippen LogP contribution in [0, 0.1) is 0 Å². The first-order valence-corrected chi connectivity index (χ1v) is 11.2. The van der Waals surface area contributed by atoms with Gasteiger partial charge in [-0.15, -0.1) is 0 Å². The Kier molecular flexibility index (Phi) is 6.86. The summed E-state index contributed by atoms with van der Waals surface area (Å²) in [5, 5.41) is 0. The van der Waals surface area contributed by atoms with Gasteiger partial charge in [-0.25, -0.2) is 21.6 Å². The lowest BCUT2D eigenvalue weighted by molar-refractivity contribution is 0.222. The number of ether oxygens (including phenoxy) is 2. The van der Waals surface area contributed by atoms with Crippen molar-refractivity contribution in [3.63, 3.8) is 0 Å².